The highest BCUT2D eigenvalue weighted by molar-refractivity contribution is 5.79. The summed E-state index contributed by atoms with van der Waals surface area (Å²) < 4.78 is 6.65. The molecule has 0 radical (unpaired) electrons. The summed E-state index contributed by atoms with van der Waals surface area (Å²) in [4.78, 5) is 30.8. The Morgan fingerprint density at radius 1 is 1.23 bits per heavy atom. The number of benzene rings is 1. The maximum Gasteiger partial charge on any atom is 0.272 e. The van der Waals surface area contributed by atoms with Gasteiger partial charge < -0.3 is 9.64 Å². The van der Waals surface area contributed by atoms with Gasteiger partial charge in [-0.3, -0.25) is 14.7 Å². The molecule has 4 rings (SSSR count). The van der Waals surface area contributed by atoms with E-state index in [1.165, 1.54) is 10.6 Å². The molecule has 1 atom stereocenters. The van der Waals surface area contributed by atoms with Crippen LogP contribution in [-0.2, 0) is 4.79 Å². The third-order valence-electron chi connectivity index (χ3n) is 5.01. The van der Waals surface area contributed by atoms with Crippen LogP contribution in [0.4, 0.5) is 0 Å². The Balaban J connectivity index is 1.80. The molecule has 0 unspecified atom stereocenters. The van der Waals surface area contributed by atoms with Crippen LogP contribution in [0.15, 0.2) is 35.1 Å². The Bertz CT molecular complexity index is 1050. The number of rotatable bonds is 3. The van der Waals surface area contributed by atoms with Crippen LogP contribution < -0.4 is 10.3 Å². The van der Waals surface area contributed by atoms with Crippen LogP contribution in [0.25, 0.3) is 16.9 Å². The largest absolute Gasteiger partial charge is 0.497 e. The average Bonchev–Trinajstić information content (AvgIpc) is 3.16. The number of carbonyl (C=O) groups is 1. The van der Waals surface area contributed by atoms with E-state index in [4.69, 9.17) is 9.72 Å². The van der Waals surface area contributed by atoms with Crippen LogP contribution >= 0.6 is 0 Å². The van der Waals surface area contributed by atoms with E-state index in [2.05, 4.69) is 5.10 Å². The zero-order chi connectivity index (χ0) is 18.4. The summed E-state index contributed by atoms with van der Waals surface area (Å²) in [5.74, 6) is 0.820. The number of fused-ring (bicyclic) bond motifs is 1. The standard InChI is InChI=1S/C19H20N4O3/c1-11-18(12-4-6-14(26-3)7-5-12)21-23-17(25)9-15(20-19(11)23)13-8-16(24)22(2)10-13/h4-7,9,13,21H,8,10H2,1-3H3/t13-/m1/s1. The van der Waals surface area contributed by atoms with Crippen LogP contribution in [-0.4, -0.2) is 46.1 Å². The Morgan fingerprint density at radius 3 is 2.58 bits per heavy atom. The van der Waals surface area contributed by atoms with Crippen LogP contribution in [0, 0.1) is 6.92 Å². The first-order valence-corrected chi connectivity index (χ1v) is 8.48. The van der Waals surface area contributed by atoms with Gasteiger partial charge >= 0.3 is 0 Å². The van der Waals surface area contributed by atoms with Gasteiger partial charge in [-0.25, -0.2) is 9.50 Å². The summed E-state index contributed by atoms with van der Waals surface area (Å²) in [6.45, 7) is 2.53. The minimum atomic E-state index is -0.171. The molecule has 1 saturated heterocycles. The quantitative estimate of drug-likeness (QED) is 0.781. The van der Waals surface area contributed by atoms with Crippen LogP contribution in [0.5, 0.6) is 5.75 Å². The lowest BCUT2D eigenvalue weighted by molar-refractivity contribution is -0.126. The van der Waals surface area contributed by atoms with E-state index in [1.807, 2.05) is 31.2 Å². The number of amides is 1. The highest BCUT2D eigenvalue weighted by Crippen LogP contribution is 2.28. The summed E-state index contributed by atoms with van der Waals surface area (Å²) in [5.41, 5.74) is 3.79. The lowest BCUT2D eigenvalue weighted by atomic mass is 10.0. The summed E-state index contributed by atoms with van der Waals surface area (Å²) in [6.07, 6.45) is 0.397. The van der Waals surface area contributed by atoms with Gasteiger partial charge in [0.25, 0.3) is 5.56 Å². The molecule has 3 heterocycles. The smallest absolute Gasteiger partial charge is 0.272 e. The maximum atomic E-state index is 12.6. The van der Waals surface area contributed by atoms with Gasteiger partial charge in [0, 0.05) is 43.1 Å². The second kappa shape index (κ2) is 6.01. The Kier molecular flexibility index (Phi) is 3.79. The predicted molar refractivity (Wildman–Crippen MR) is 97.5 cm³/mol. The first kappa shape index (κ1) is 16.4. The van der Waals surface area contributed by atoms with Crippen molar-refractivity contribution in [1.82, 2.24) is 19.5 Å². The van der Waals surface area contributed by atoms with Crippen molar-refractivity contribution in [3.05, 3.63) is 51.9 Å². The van der Waals surface area contributed by atoms with Gasteiger partial charge in [0.2, 0.25) is 5.91 Å². The number of aromatic amines is 1. The van der Waals surface area contributed by atoms with Crippen LogP contribution in [0.2, 0.25) is 0 Å². The number of likely N-dealkylation sites (N-methyl/N-ethyl adjacent to an activating group) is 1. The van der Waals surface area contributed by atoms with Crippen molar-refractivity contribution in [2.24, 2.45) is 0 Å². The number of hydrogen-bond donors (Lipinski definition) is 1. The normalized spacial score (nSPS) is 17.3. The molecule has 134 valence electrons. The van der Waals surface area contributed by atoms with Crippen molar-refractivity contribution >= 4 is 11.6 Å². The van der Waals surface area contributed by atoms with E-state index < -0.39 is 0 Å². The molecule has 7 heteroatoms. The van der Waals surface area contributed by atoms with Gasteiger partial charge in [-0.05, 0) is 31.2 Å². The number of carbonyl (C=O) groups excluding carboxylic acids is 1. The van der Waals surface area contributed by atoms with Crippen molar-refractivity contribution < 1.29 is 9.53 Å². The fourth-order valence-corrected chi connectivity index (χ4v) is 3.48. The van der Waals surface area contributed by atoms with E-state index >= 15 is 0 Å². The summed E-state index contributed by atoms with van der Waals surface area (Å²) in [5, 5.41) is 3.14. The number of nitrogens with one attached hydrogen (secondary N) is 1. The van der Waals surface area contributed by atoms with E-state index in [9.17, 15) is 9.59 Å². The summed E-state index contributed by atoms with van der Waals surface area (Å²) >= 11 is 0. The zero-order valence-electron chi connectivity index (χ0n) is 14.9. The second-order valence-electron chi connectivity index (χ2n) is 6.69. The molecular weight excluding hydrogens is 332 g/mol. The third-order valence-corrected chi connectivity index (χ3v) is 5.01. The number of likely N-dealkylation sites (tertiary alicyclic amines) is 1. The van der Waals surface area contributed by atoms with Crippen molar-refractivity contribution in [2.75, 3.05) is 20.7 Å². The number of ether oxygens (including phenoxy) is 1. The number of aryl methyl sites for hydroxylation is 1. The highest BCUT2D eigenvalue weighted by atomic mass is 16.5. The topological polar surface area (TPSA) is 79.7 Å². The Labute approximate surface area is 150 Å². The molecule has 7 nitrogen and oxygen atoms in total. The Morgan fingerprint density at radius 2 is 1.96 bits per heavy atom. The van der Waals surface area contributed by atoms with E-state index in [0.717, 1.165) is 22.6 Å². The Hall–Kier alpha value is -3.09. The number of nitrogens with zero attached hydrogens (tertiary/aromatic N) is 3. The molecule has 2 aromatic heterocycles. The van der Waals surface area contributed by atoms with E-state index in [1.54, 1.807) is 19.1 Å². The molecule has 0 bridgehead atoms. The molecule has 0 aliphatic carbocycles. The van der Waals surface area contributed by atoms with Gasteiger partial charge in [-0.2, -0.15) is 0 Å². The van der Waals surface area contributed by atoms with Crippen molar-refractivity contribution in [1.29, 1.82) is 0 Å². The molecule has 0 saturated carbocycles. The summed E-state index contributed by atoms with van der Waals surface area (Å²) in [6, 6.07) is 9.15. The second-order valence-corrected chi connectivity index (χ2v) is 6.69. The van der Waals surface area contributed by atoms with Crippen LogP contribution in [0.1, 0.15) is 23.6 Å². The van der Waals surface area contributed by atoms with Crippen LogP contribution in [0.3, 0.4) is 0 Å². The molecule has 26 heavy (non-hydrogen) atoms. The SMILES string of the molecule is COc1ccc(-c2[nH]n3c(=O)cc([C@@H]4CC(=O)N(C)C4)nc3c2C)cc1. The van der Waals surface area contributed by atoms with Crippen molar-refractivity contribution in [3.63, 3.8) is 0 Å². The fourth-order valence-electron chi connectivity index (χ4n) is 3.48. The predicted octanol–water partition coefficient (Wildman–Crippen LogP) is 1.95. The minimum Gasteiger partial charge on any atom is -0.497 e. The number of hydrogen-bond acceptors (Lipinski definition) is 4. The third kappa shape index (κ3) is 2.56. The maximum absolute atomic E-state index is 12.6. The molecule has 1 aromatic carbocycles. The average molecular weight is 352 g/mol. The van der Waals surface area contributed by atoms with Crippen molar-refractivity contribution in [3.8, 4) is 17.0 Å². The van der Waals surface area contributed by atoms with Gasteiger partial charge in [-0.15, -0.1) is 0 Å². The first-order chi connectivity index (χ1) is 12.5. The van der Waals surface area contributed by atoms with Crippen molar-refractivity contribution in [2.45, 2.75) is 19.3 Å². The number of aromatic nitrogens is 3. The van der Waals surface area contributed by atoms with E-state index in [-0.39, 0.29) is 17.4 Å². The lowest BCUT2D eigenvalue weighted by Gasteiger charge is -2.09. The summed E-state index contributed by atoms with van der Waals surface area (Å²) in [7, 11) is 3.40. The van der Waals surface area contributed by atoms with E-state index in [0.29, 0.717) is 24.3 Å². The minimum absolute atomic E-state index is 0.0380. The number of H-pyrrole nitrogens is 1. The molecule has 1 N–H and O–H groups in total. The zero-order valence-corrected chi connectivity index (χ0v) is 14.9. The first-order valence-electron chi connectivity index (χ1n) is 8.48. The lowest BCUT2D eigenvalue weighted by Crippen LogP contribution is -2.20. The molecule has 3 aromatic rings. The van der Waals surface area contributed by atoms with Gasteiger partial charge in [0.1, 0.15) is 5.75 Å². The highest BCUT2D eigenvalue weighted by Gasteiger charge is 2.30. The van der Waals surface area contributed by atoms with Gasteiger partial charge in [-0.1, -0.05) is 0 Å². The van der Waals surface area contributed by atoms with Gasteiger partial charge in [0.15, 0.2) is 5.65 Å². The number of methoxy groups -OCH3 is 1. The van der Waals surface area contributed by atoms with Gasteiger partial charge in [0.05, 0.1) is 18.5 Å². The molecule has 1 amide bonds. The molecule has 1 aliphatic heterocycles. The monoisotopic (exact) mass is 352 g/mol. The fraction of sp³-hybridized carbons (Fsp3) is 0.316. The molecule has 1 aliphatic rings. The molecular formula is C19H20N4O3. The molecule has 0 spiro atoms. The molecule has 1 fully saturated rings.